The maximum Gasteiger partial charge on any atom is 0.263 e. The molecule has 0 bridgehead atoms. The van der Waals surface area contributed by atoms with Crippen molar-refractivity contribution < 1.29 is 18.8 Å². The number of nitrogens with zero attached hydrogens (tertiary/aromatic N) is 4. The Balaban J connectivity index is 1.06. The monoisotopic (exact) mass is 568 g/mol. The van der Waals surface area contributed by atoms with Gasteiger partial charge in [0.05, 0.1) is 16.8 Å². The smallest absolute Gasteiger partial charge is 0.263 e. The van der Waals surface area contributed by atoms with E-state index in [0.717, 1.165) is 37.4 Å². The first-order chi connectivity index (χ1) is 20.3. The van der Waals surface area contributed by atoms with E-state index < -0.39 is 0 Å². The van der Waals surface area contributed by atoms with Crippen LogP contribution in [0.2, 0.25) is 0 Å². The summed E-state index contributed by atoms with van der Waals surface area (Å²) < 4.78 is 13.6. The lowest BCUT2D eigenvalue weighted by Crippen LogP contribution is -2.52. The Kier molecular flexibility index (Phi) is 7.71. The van der Waals surface area contributed by atoms with Crippen molar-refractivity contribution in [1.82, 2.24) is 9.80 Å². The van der Waals surface area contributed by atoms with Crippen LogP contribution in [-0.2, 0) is 11.2 Å². The van der Waals surface area contributed by atoms with E-state index in [0.29, 0.717) is 43.5 Å². The number of fused-ring (bicyclic) bond motifs is 1. The molecule has 3 aliphatic heterocycles. The summed E-state index contributed by atoms with van der Waals surface area (Å²) >= 11 is 0. The molecule has 0 atom stereocenters. The lowest BCUT2D eigenvalue weighted by Gasteiger charge is -2.40. The van der Waals surface area contributed by atoms with Gasteiger partial charge in [0.15, 0.2) is 0 Å². The molecule has 6 rings (SSSR count). The summed E-state index contributed by atoms with van der Waals surface area (Å²) in [6.07, 6.45) is 1.82. The first-order valence-corrected chi connectivity index (χ1v) is 14.9. The van der Waals surface area contributed by atoms with Crippen molar-refractivity contribution in [2.75, 3.05) is 55.6 Å². The third-order valence-electron chi connectivity index (χ3n) is 8.96. The SMILES string of the molecule is Cc1ccc(N2CCN(C(=O)C3CCN(c4cccc5c4C(=O)N(CCc4cccc(F)c4)C5=O)CC3)CC2)c(C)c1. The fraction of sp³-hybridized carbons (Fsp3) is 0.382. The van der Waals surface area contributed by atoms with Crippen molar-refractivity contribution in [1.29, 1.82) is 0 Å². The number of aryl methyl sites for hydroxylation is 2. The summed E-state index contributed by atoms with van der Waals surface area (Å²) in [4.78, 5) is 47.8. The van der Waals surface area contributed by atoms with Crippen molar-refractivity contribution in [2.24, 2.45) is 5.92 Å². The zero-order valence-electron chi connectivity index (χ0n) is 24.3. The minimum atomic E-state index is -0.335. The molecule has 0 spiro atoms. The van der Waals surface area contributed by atoms with Gasteiger partial charge in [0, 0.05) is 57.4 Å². The van der Waals surface area contributed by atoms with Gasteiger partial charge in [0.1, 0.15) is 5.82 Å². The van der Waals surface area contributed by atoms with Gasteiger partial charge in [-0.25, -0.2) is 4.39 Å². The quantitative estimate of drug-likeness (QED) is 0.398. The fourth-order valence-corrected chi connectivity index (χ4v) is 6.67. The molecule has 3 heterocycles. The van der Waals surface area contributed by atoms with Crippen LogP contribution >= 0.6 is 0 Å². The second-order valence-electron chi connectivity index (χ2n) is 11.7. The number of amides is 3. The molecule has 8 heteroatoms. The summed E-state index contributed by atoms with van der Waals surface area (Å²) in [5.41, 5.74) is 6.12. The number of imide groups is 1. The zero-order valence-corrected chi connectivity index (χ0v) is 24.3. The summed E-state index contributed by atoms with van der Waals surface area (Å²) in [6, 6.07) is 18.2. The lowest BCUT2D eigenvalue weighted by molar-refractivity contribution is -0.136. The van der Waals surface area contributed by atoms with E-state index in [1.54, 1.807) is 18.2 Å². The molecule has 218 valence electrons. The molecule has 0 N–H and O–H groups in total. The Hall–Kier alpha value is -4.20. The summed E-state index contributed by atoms with van der Waals surface area (Å²) in [6.45, 7) is 8.86. The van der Waals surface area contributed by atoms with Gasteiger partial charge in [-0.05, 0) is 74.6 Å². The molecule has 2 fully saturated rings. The van der Waals surface area contributed by atoms with Gasteiger partial charge >= 0.3 is 0 Å². The number of piperazine rings is 1. The Morgan fingerprint density at radius 2 is 1.52 bits per heavy atom. The molecule has 3 aromatic rings. The van der Waals surface area contributed by atoms with Crippen molar-refractivity contribution in [3.8, 4) is 0 Å². The number of carbonyl (C=O) groups is 3. The molecule has 2 saturated heterocycles. The lowest BCUT2D eigenvalue weighted by atomic mass is 9.93. The van der Waals surface area contributed by atoms with E-state index >= 15 is 0 Å². The van der Waals surface area contributed by atoms with Crippen LogP contribution in [0.4, 0.5) is 15.8 Å². The number of piperidine rings is 1. The minimum absolute atomic E-state index is 0.0363. The largest absolute Gasteiger partial charge is 0.371 e. The zero-order chi connectivity index (χ0) is 29.4. The van der Waals surface area contributed by atoms with Crippen molar-refractivity contribution in [3.05, 3.63) is 94.3 Å². The maximum absolute atomic E-state index is 13.6. The highest BCUT2D eigenvalue weighted by molar-refractivity contribution is 6.23. The highest BCUT2D eigenvalue weighted by Crippen LogP contribution is 2.34. The van der Waals surface area contributed by atoms with E-state index in [-0.39, 0.29) is 36.0 Å². The van der Waals surface area contributed by atoms with Gasteiger partial charge in [0.25, 0.3) is 11.8 Å². The first-order valence-electron chi connectivity index (χ1n) is 14.9. The third kappa shape index (κ3) is 5.38. The van der Waals surface area contributed by atoms with Gasteiger partial charge in [-0.1, -0.05) is 35.9 Å². The average Bonchev–Trinajstić information content (AvgIpc) is 3.25. The van der Waals surface area contributed by atoms with E-state index in [1.807, 2.05) is 17.0 Å². The van der Waals surface area contributed by atoms with Gasteiger partial charge in [-0.2, -0.15) is 0 Å². The Labute approximate surface area is 246 Å². The second kappa shape index (κ2) is 11.6. The van der Waals surface area contributed by atoms with Crippen molar-refractivity contribution in [2.45, 2.75) is 33.1 Å². The molecular formula is C34H37FN4O3. The molecule has 3 amide bonds. The summed E-state index contributed by atoms with van der Waals surface area (Å²) in [7, 11) is 0. The van der Waals surface area contributed by atoms with Crippen LogP contribution in [0.15, 0.2) is 60.7 Å². The van der Waals surface area contributed by atoms with E-state index in [9.17, 15) is 18.8 Å². The number of hydrogen-bond acceptors (Lipinski definition) is 5. The Morgan fingerprint density at radius 3 is 2.24 bits per heavy atom. The van der Waals surface area contributed by atoms with Crippen LogP contribution in [-0.4, -0.2) is 73.3 Å². The molecule has 42 heavy (non-hydrogen) atoms. The highest BCUT2D eigenvalue weighted by Gasteiger charge is 2.39. The number of hydrogen-bond donors (Lipinski definition) is 0. The molecular weight excluding hydrogens is 531 g/mol. The third-order valence-corrected chi connectivity index (χ3v) is 8.96. The number of carbonyl (C=O) groups excluding carboxylic acids is 3. The molecule has 0 radical (unpaired) electrons. The summed E-state index contributed by atoms with van der Waals surface area (Å²) in [5, 5.41) is 0. The Morgan fingerprint density at radius 1 is 0.810 bits per heavy atom. The fourth-order valence-electron chi connectivity index (χ4n) is 6.67. The first kappa shape index (κ1) is 27.9. The normalized spacial score (nSPS) is 17.7. The predicted octanol–water partition coefficient (Wildman–Crippen LogP) is 4.85. The van der Waals surface area contributed by atoms with Crippen molar-refractivity contribution >= 4 is 29.1 Å². The van der Waals surface area contributed by atoms with Crippen LogP contribution < -0.4 is 9.80 Å². The number of halogens is 1. The molecule has 0 aromatic heterocycles. The molecule has 3 aromatic carbocycles. The van der Waals surface area contributed by atoms with Crippen LogP contribution in [0.1, 0.15) is 50.2 Å². The van der Waals surface area contributed by atoms with Gasteiger partial charge < -0.3 is 14.7 Å². The molecule has 3 aliphatic rings. The van der Waals surface area contributed by atoms with Crippen molar-refractivity contribution in [3.63, 3.8) is 0 Å². The minimum Gasteiger partial charge on any atom is -0.371 e. The van der Waals surface area contributed by atoms with E-state index in [2.05, 4.69) is 41.8 Å². The molecule has 0 aliphatic carbocycles. The molecule has 0 unspecified atom stereocenters. The highest BCUT2D eigenvalue weighted by atomic mass is 19.1. The van der Waals surface area contributed by atoms with Crippen LogP contribution in [0.3, 0.4) is 0 Å². The van der Waals surface area contributed by atoms with Gasteiger partial charge in [-0.3, -0.25) is 19.3 Å². The van der Waals surface area contributed by atoms with Crippen LogP contribution in [0.25, 0.3) is 0 Å². The summed E-state index contributed by atoms with van der Waals surface area (Å²) in [5.74, 6) is -0.757. The van der Waals surface area contributed by atoms with Gasteiger partial charge in [-0.15, -0.1) is 0 Å². The van der Waals surface area contributed by atoms with Gasteiger partial charge in [0.2, 0.25) is 5.91 Å². The number of anilines is 2. The van der Waals surface area contributed by atoms with Crippen LogP contribution in [0, 0.1) is 25.6 Å². The van der Waals surface area contributed by atoms with E-state index in [4.69, 9.17) is 0 Å². The van der Waals surface area contributed by atoms with E-state index in [1.165, 1.54) is 33.8 Å². The second-order valence-corrected chi connectivity index (χ2v) is 11.7. The maximum atomic E-state index is 13.6. The Bertz CT molecular complexity index is 1520. The molecule has 0 saturated carbocycles. The topological polar surface area (TPSA) is 64.2 Å². The molecule has 7 nitrogen and oxygen atoms in total. The standard InChI is InChI=1S/C34H37FN4O3/c1-23-9-10-29(24(2)21-23)37-17-19-38(20-18-37)32(40)26-12-14-36(15-13-26)30-8-4-7-28-31(30)34(42)39(33(28)41)16-11-25-5-3-6-27(35)22-25/h3-10,21-22,26H,11-20H2,1-2H3. The number of rotatable bonds is 6. The predicted molar refractivity (Wildman–Crippen MR) is 162 cm³/mol. The number of benzene rings is 3. The average molecular weight is 569 g/mol. The van der Waals surface area contributed by atoms with Crippen LogP contribution in [0.5, 0.6) is 0 Å².